The van der Waals surface area contributed by atoms with Gasteiger partial charge in [-0.3, -0.25) is 19.3 Å². The summed E-state index contributed by atoms with van der Waals surface area (Å²) >= 11 is 14.5. The molecule has 1 fully saturated rings. The molecule has 196 valence electrons. The van der Waals surface area contributed by atoms with Gasteiger partial charge in [0.2, 0.25) is 5.91 Å². The molecule has 0 atom stereocenters. The van der Waals surface area contributed by atoms with Crippen LogP contribution in [0.1, 0.15) is 11.1 Å². The molecule has 3 amide bonds. The van der Waals surface area contributed by atoms with E-state index in [1.807, 2.05) is 24.5 Å². The number of hydrogen-bond donors (Lipinski definition) is 1. The van der Waals surface area contributed by atoms with E-state index < -0.39 is 23.6 Å². The van der Waals surface area contributed by atoms with Crippen LogP contribution in [0, 0.1) is 0 Å². The molecule has 7 nitrogen and oxygen atoms in total. The number of nitrogens with zero attached hydrogens (tertiary/aromatic N) is 1. The zero-order valence-electron chi connectivity index (χ0n) is 20.3. The lowest BCUT2D eigenvalue weighted by Gasteiger charge is -2.15. The summed E-state index contributed by atoms with van der Waals surface area (Å²) in [4.78, 5) is 40.3. The van der Waals surface area contributed by atoms with Gasteiger partial charge in [-0.2, -0.15) is 0 Å². The van der Waals surface area contributed by atoms with Gasteiger partial charge in [0.05, 0.1) is 12.0 Å². The lowest BCUT2D eigenvalue weighted by Crippen LogP contribution is -2.36. The normalized spacial score (nSPS) is 14.2. The second-order valence-corrected chi connectivity index (χ2v) is 10.7. The van der Waals surface area contributed by atoms with Crippen LogP contribution in [0.3, 0.4) is 0 Å². The zero-order valence-corrected chi connectivity index (χ0v) is 23.5. The Morgan fingerprint density at radius 2 is 1.89 bits per heavy atom. The number of amides is 3. The van der Waals surface area contributed by atoms with Crippen molar-refractivity contribution < 1.29 is 23.9 Å². The first-order chi connectivity index (χ1) is 18.3. The molecule has 1 aliphatic rings. The first-order valence-corrected chi connectivity index (χ1v) is 14.0. The number of ether oxygens (including phenoxy) is 2. The third-order valence-corrected chi connectivity index (χ3v) is 7.65. The molecule has 0 radical (unpaired) electrons. The summed E-state index contributed by atoms with van der Waals surface area (Å²) in [7, 11) is 1.50. The fourth-order valence-corrected chi connectivity index (χ4v) is 5.32. The third-order valence-electron chi connectivity index (χ3n) is 5.43. The Kier molecular flexibility index (Phi) is 9.27. The Bertz CT molecular complexity index is 1430. The van der Waals surface area contributed by atoms with Crippen molar-refractivity contribution in [1.82, 2.24) is 4.90 Å². The molecular formula is C27H22Cl2N2O5S2. The molecule has 1 saturated heterocycles. The Labute approximate surface area is 238 Å². The largest absolute Gasteiger partial charge is 0.493 e. The summed E-state index contributed by atoms with van der Waals surface area (Å²) in [5.74, 6) is -0.228. The monoisotopic (exact) mass is 588 g/mol. The molecule has 0 aromatic heterocycles. The number of para-hydroxylation sites is 1. The number of benzene rings is 3. The number of anilines is 1. The topological polar surface area (TPSA) is 84.9 Å². The number of carbonyl (C=O) groups excluding carboxylic acids is 3. The van der Waals surface area contributed by atoms with Crippen molar-refractivity contribution in [3.05, 3.63) is 86.7 Å². The van der Waals surface area contributed by atoms with Gasteiger partial charge in [0.25, 0.3) is 11.1 Å². The highest BCUT2D eigenvalue weighted by Gasteiger charge is 2.36. The van der Waals surface area contributed by atoms with Crippen molar-refractivity contribution in [2.75, 3.05) is 25.2 Å². The van der Waals surface area contributed by atoms with Crippen LogP contribution in [0.2, 0.25) is 10.0 Å². The van der Waals surface area contributed by atoms with Crippen molar-refractivity contribution in [3.63, 3.8) is 0 Å². The lowest BCUT2D eigenvalue weighted by atomic mass is 10.1. The number of halogens is 2. The van der Waals surface area contributed by atoms with Gasteiger partial charge in [0.15, 0.2) is 11.5 Å². The number of thioether (sulfide) groups is 2. The molecule has 1 aliphatic heterocycles. The Balaban J connectivity index is 1.51. The molecule has 1 heterocycles. The highest BCUT2D eigenvalue weighted by molar-refractivity contribution is 8.18. The number of rotatable bonds is 9. The molecule has 0 unspecified atom stereocenters. The molecule has 3 aromatic rings. The molecule has 11 heteroatoms. The van der Waals surface area contributed by atoms with Gasteiger partial charge in [-0.1, -0.05) is 47.5 Å². The van der Waals surface area contributed by atoms with Crippen molar-refractivity contribution in [1.29, 1.82) is 0 Å². The first-order valence-electron chi connectivity index (χ1n) is 11.2. The summed E-state index contributed by atoms with van der Waals surface area (Å²) in [6.45, 7) is -0.279. The summed E-state index contributed by atoms with van der Waals surface area (Å²) in [6.07, 6.45) is 3.48. The van der Waals surface area contributed by atoms with Crippen LogP contribution in [-0.4, -0.2) is 41.9 Å². The quantitative estimate of drug-likeness (QED) is 0.213. The van der Waals surface area contributed by atoms with Gasteiger partial charge in [-0.05, 0) is 60.5 Å². The van der Waals surface area contributed by atoms with E-state index in [4.69, 9.17) is 32.7 Å². The van der Waals surface area contributed by atoms with Gasteiger partial charge in [-0.25, -0.2) is 0 Å². The van der Waals surface area contributed by atoms with E-state index in [9.17, 15) is 14.4 Å². The summed E-state index contributed by atoms with van der Waals surface area (Å²) in [6, 6.07) is 17.6. The average molecular weight is 590 g/mol. The standard InChI is InChI=1S/C27H22Cl2N2O5S2/c1-35-22-8-3-5-16(25(22)36-15-17-9-10-18(28)12-21(17)29)11-23-26(33)31(27(34)38-23)14-24(32)30-19-6-4-7-20(13-19)37-2/h3-13H,14-15H2,1-2H3,(H,30,32)/b23-11+. The Morgan fingerprint density at radius 1 is 1.11 bits per heavy atom. The Hall–Kier alpha value is -3.11. The predicted molar refractivity (Wildman–Crippen MR) is 153 cm³/mol. The minimum absolute atomic E-state index is 0.122. The number of imide groups is 1. The van der Waals surface area contributed by atoms with E-state index in [1.165, 1.54) is 7.11 Å². The zero-order chi connectivity index (χ0) is 27.2. The average Bonchev–Trinajstić information content (AvgIpc) is 3.15. The molecule has 0 spiro atoms. The molecule has 0 bridgehead atoms. The number of nitrogens with one attached hydrogen (secondary N) is 1. The fraction of sp³-hybridized carbons (Fsp3) is 0.148. The summed E-state index contributed by atoms with van der Waals surface area (Å²) in [5.41, 5.74) is 1.82. The van der Waals surface area contributed by atoms with Crippen LogP contribution in [-0.2, 0) is 16.2 Å². The van der Waals surface area contributed by atoms with Crippen molar-refractivity contribution in [3.8, 4) is 11.5 Å². The molecule has 0 saturated carbocycles. The summed E-state index contributed by atoms with van der Waals surface area (Å²) in [5, 5.41) is 3.16. The Morgan fingerprint density at radius 3 is 2.63 bits per heavy atom. The maximum Gasteiger partial charge on any atom is 0.294 e. The van der Waals surface area contributed by atoms with Crippen molar-refractivity contribution in [2.24, 2.45) is 0 Å². The maximum absolute atomic E-state index is 13.1. The van der Waals surface area contributed by atoms with E-state index in [0.717, 1.165) is 21.6 Å². The second kappa shape index (κ2) is 12.6. The molecular weight excluding hydrogens is 567 g/mol. The molecule has 38 heavy (non-hydrogen) atoms. The smallest absolute Gasteiger partial charge is 0.294 e. The molecule has 1 N–H and O–H groups in total. The predicted octanol–water partition coefficient (Wildman–Crippen LogP) is 6.98. The number of hydrogen-bond acceptors (Lipinski definition) is 7. The minimum atomic E-state index is -0.567. The van der Waals surface area contributed by atoms with Crippen LogP contribution in [0.5, 0.6) is 11.5 Å². The van der Waals surface area contributed by atoms with Gasteiger partial charge >= 0.3 is 0 Å². The minimum Gasteiger partial charge on any atom is -0.493 e. The second-order valence-electron chi connectivity index (χ2n) is 7.95. The van der Waals surface area contributed by atoms with Crippen LogP contribution in [0.25, 0.3) is 6.08 Å². The van der Waals surface area contributed by atoms with Gasteiger partial charge in [0.1, 0.15) is 13.2 Å². The maximum atomic E-state index is 13.1. The highest BCUT2D eigenvalue weighted by Crippen LogP contribution is 2.38. The number of carbonyl (C=O) groups is 3. The van der Waals surface area contributed by atoms with Crippen LogP contribution < -0.4 is 14.8 Å². The van der Waals surface area contributed by atoms with Crippen LogP contribution >= 0.6 is 46.7 Å². The fourth-order valence-electron chi connectivity index (χ4n) is 3.57. The summed E-state index contributed by atoms with van der Waals surface area (Å²) < 4.78 is 11.5. The van der Waals surface area contributed by atoms with Crippen molar-refractivity contribution in [2.45, 2.75) is 11.5 Å². The third kappa shape index (κ3) is 6.66. The highest BCUT2D eigenvalue weighted by atomic mass is 35.5. The van der Waals surface area contributed by atoms with E-state index in [2.05, 4.69) is 5.32 Å². The lowest BCUT2D eigenvalue weighted by molar-refractivity contribution is -0.127. The molecule has 0 aliphatic carbocycles. The van der Waals surface area contributed by atoms with Gasteiger partial charge < -0.3 is 14.8 Å². The molecule has 4 rings (SSSR count). The number of methoxy groups -OCH3 is 1. The van der Waals surface area contributed by atoms with E-state index in [-0.39, 0.29) is 11.5 Å². The van der Waals surface area contributed by atoms with Crippen LogP contribution in [0.4, 0.5) is 10.5 Å². The van der Waals surface area contributed by atoms with Gasteiger partial charge in [-0.15, -0.1) is 11.8 Å². The van der Waals surface area contributed by atoms with E-state index in [1.54, 1.807) is 60.3 Å². The van der Waals surface area contributed by atoms with E-state index >= 15 is 0 Å². The van der Waals surface area contributed by atoms with E-state index in [0.29, 0.717) is 38.4 Å². The SMILES string of the molecule is COc1cccc(/C=C2/SC(=O)N(CC(=O)Nc3cccc(SC)c3)C2=O)c1OCc1ccc(Cl)cc1Cl. The molecule has 3 aromatic carbocycles. The van der Waals surface area contributed by atoms with Crippen molar-refractivity contribution >= 4 is 75.5 Å². The van der Waals surface area contributed by atoms with Crippen LogP contribution in [0.15, 0.2) is 70.5 Å². The first kappa shape index (κ1) is 27.9. The van der Waals surface area contributed by atoms with Gasteiger partial charge in [0, 0.05) is 31.8 Å².